The highest BCUT2D eigenvalue weighted by Crippen LogP contribution is 2.14. The molecule has 0 radical (unpaired) electrons. The third kappa shape index (κ3) is 4.91. The number of hydrogen-bond acceptors (Lipinski definition) is 5. The van der Waals surface area contributed by atoms with Crippen LogP contribution in [0.2, 0.25) is 0 Å². The Hall–Kier alpha value is -1.31. The van der Waals surface area contributed by atoms with Crippen LogP contribution in [-0.2, 0) is 14.6 Å². The van der Waals surface area contributed by atoms with Crippen LogP contribution in [0.1, 0.15) is 33.1 Å². The van der Waals surface area contributed by atoms with E-state index in [1.54, 1.807) is 0 Å². The van der Waals surface area contributed by atoms with Crippen molar-refractivity contribution >= 4 is 21.6 Å². The molecule has 0 aromatic rings. The molecule has 8 heteroatoms. The van der Waals surface area contributed by atoms with E-state index in [-0.39, 0.29) is 5.84 Å². The Labute approximate surface area is 107 Å². The Bertz CT molecular complexity index is 415. The molecule has 1 amide bonds. The van der Waals surface area contributed by atoms with Gasteiger partial charge in [-0.15, -0.1) is 0 Å². The van der Waals surface area contributed by atoms with Crippen LogP contribution in [0, 0.1) is 0 Å². The van der Waals surface area contributed by atoms with Gasteiger partial charge in [-0.3, -0.25) is 4.79 Å². The molecule has 4 N–H and O–H groups in total. The third-order valence-corrected chi connectivity index (χ3v) is 4.79. The standard InChI is InChI=1S/C10H21N3O4S/c1-10(2,18(3,16)17)9(14)12-7-5-4-6-8(11)13-15/h15H,4-7H2,1-3H3,(H2,11,13)(H,12,14). The Kier molecular flexibility index (Phi) is 6.10. The molecule has 7 nitrogen and oxygen atoms in total. The van der Waals surface area contributed by atoms with Crippen LogP contribution in [0.5, 0.6) is 0 Å². The van der Waals surface area contributed by atoms with E-state index in [9.17, 15) is 13.2 Å². The molecule has 0 rings (SSSR count). The molecule has 0 bridgehead atoms. The fourth-order valence-electron chi connectivity index (χ4n) is 1.06. The van der Waals surface area contributed by atoms with Crippen molar-refractivity contribution in [3.63, 3.8) is 0 Å². The summed E-state index contributed by atoms with van der Waals surface area (Å²) in [6.45, 7) is 3.10. The van der Waals surface area contributed by atoms with Crippen LogP contribution < -0.4 is 11.1 Å². The van der Waals surface area contributed by atoms with E-state index < -0.39 is 20.5 Å². The second-order valence-electron chi connectivity index (χ2n) is 4.59. The predicted molar refractivity (Wildman–Crippen MR) is 69.2 cm³/mol. The van der Waals surface area contributed by atoms with E-state index in [2.05, 4.69) is 10.5 Å². The second-order valence-corrected chi connectivity index (χ2v) is 7.15. The van der Waals surface area contributed by atoms with Gasteiger partial charge in [0.1, 0.15) is 10.6 Å². The van der Waals surface area contributed by atoms with Crippen LogP contribution in [0.3, 0.4) is 0 Å². The molecule has 0 unspecified atom stereocenters. The zero-order valence-electron chi connectivity index (χ0n) is 10.9. The smallest absolute Gasteiger partial charge is 0.240 e. The third-order valence-electron chi connectivity index (χ3n) is 2.75. The van der Waals surface area contributed by atoms with Crippen LogP contribution >= 0.6 is 0 Å². The number of nitrogens with one attached hydrogen (secondary N) is 1. The predicted octanol–water partition coefficient (Wildman–Crippen LogP) is -0.157. The summed E-state index contributed by atoms with van der Waals surface area (Å²) in [4.78, 5) is 11.7. The number of carbonyl (C=O) groups is 1. The molecular weight excluding hydrogens is 258 g/mol. The maximum atomic E-state index is 11.7. The lowest BCUT2D eigenvalue weighted by Gasteiger charge is -2.21. The first-order valence-corrected chi connectivity index (χ1v) is 7.46. The number of sulfone groups is 1. The number of unbranched alkanes of at least 4 members (excludes halogenated alkanes) is 1. The molecule has 0 saturated heterocycles. The molecule has 106 valence electrons. The van der Waals surface area contributed by atoms with Crippen molar-refractivity contribution in [1.29, 1.82) is 0 Å². The van der Waals surface area contributed by atoms with Crippen molar-refractivity contribution in [3.8, 4) is 0 Å². The largest absolute Gasteiger partial charge is 0.409 e. The van der Waals surface area contributed by atoms with Crippen LogP contribution in [0.15, 0.2) is 5.16 Å². The molecule has 0 aliphatic rings. The van der Waals surface area contributed by atoms with Crippen molar-refractivity contribution < 1.29 is 18.4 Å². The highest BCUT2D eigenvalue weighted by atomic mass is 32.2. The van der Waals surface area contributed by atoms with Crippen molar-refractivity contribution in [1.82, 2.24) is 5.32 Å². The topological polar surface area (TPSA) is 122 Å². The number of nitrogens with zero attached hydrogens (tertiary/aromatic N) is 1. The van der Waals surface area contributed by atoms with E-state index in [4.69, 9.17) is 10.9 Å². The number of carbonyl (C=O) groups excluding carboxylic acids is 1. The highest BCUT2D eigenvalue weighted by Gasteiger charge is 2.37. The fraction of sp³-hybridized carbons (Fsp3) is 0.800. The Balaban J connectivity index is 4.07. The van der Waals surface area contributed by atoms with E-state index >= 15 is 0 Å². The van der Waals surface area contributed by atoms with E-state index in [0.717, 1.165) is 6.26 Å². The number of rotatable bonds is 7. The molecule has 0 atom stereocenters. The monoisotopic (exact) mass is 279 g/mol. The molecule has 18 heavy (non-hydrogen) atoms. The molecule has 0 aromatic carbocycles. The first kappa shape index (κ1) is 16.7. The fourth-order valence-corrected chi connectivity index (χ4v) is 1.47. The number of amides is 1. The molecule has 0 aromatic heterocycles. The first-order valence-electron chi connectivity index (χ1n) is 5.57. The van der Waals surface area contributed by atoms with E-state index in [1.807, 2.05) is 0 Å². The average molecular weight is 279 g/mol. The summed E-state index contributed by atoms with van der Waals surface area (Å²) in [6.07, 6.45) is 2.74. The van der Waals surface area contributed by atoms with Gasteiger partial charge in [-0.1, -0.05) is 5.16 Å². The number of nitrogens with two attached hydrogens (primary N) is 1. The van der Waals surface area contributed by atoms with Crippen molar-refractivity contribution in [3.05, 3.63) is 0 Å². The van der Waals surface area contributed by atoms with Gasteiger partial charge in [0.25, 0.3) is 0 Å². The molecular formula is C10H21N3O4S. The average Bonchev–Trinajstić information content (AvgIpc) is 2.26. The molecule has 0 fully saturated rings. The lowest BCUT2D eigenvalue weighted by molar-refractivity contribution is -0.122. The Morgan fingerprint density at radius 2 is 1.94 bits per heavy atom. The van der Waals surface area contributed by atoms with E-state index in [0.29, 0.717) is 25.8 Å². The minimum atomic E-state index is -3.45. The van der Waals surface area contributed by atoms with Gasteiger partial charge >= 0.3 is 0 Å². The van der Waals surface area contributed by atoms with Gasteiger partial charge in [0.2, 0.25) is 5.91 Å². The highest BCUT2D eigenvalue weighted by molar-refractivity contribution is 7.92. The summed E-state index contributed by atoms with van der Waals surface area (Å²) in [7, 11) is -3.45. The molecule has 0 saturated carbocycles. The lowest BCUT2D eigenvalue weighted by Crippen LogP contribution is -2.47. The number of hydrogen-bond donors (Lipinski definition) is 3. The number of oxime groups is 1. The van der Waals surface area contributed by atoms with Crippen LogP contribution in [0.25, 0.3) is 0 Å². The summed E-state index contributed by atoms with van der Waals surface area (Å²) in [6, 6.07) is 0. The maximum Gasteiger partial charge on any atom is 0.240 e. The van der Waals surface area contributed by atoms with Gasteiger partial charge < -0.3 is 16.3 Å². The molecule has 0 heterocycles. The lowest BCUT2D eigenvalue weighted by atomic mass is 10.2. The summed E-state index contributed by atoms with van der Waals surface area (Å²) in [5.41, 5.74) is 5.27. The molecule has 0 aliphatic carbocycles. The zero-order chi connectivity index (χ0) is 14.4. The van der Waals surface area contributed by atoms with Crippen molar-refractivity contribution in [2.45, 2.75) is 37.9 Å². The Morgan fingerprint density at radius 1 is 1.39 bits per heavy atom. The first-order chi connectivity index (χ1) is 8.13. The quantitative estimate of drug-likeness (QED) is 0.196. The van der Waals surface area contributed by atoms with Gasteiger partial charge in [-0.05, 0) is 26.7 Å². The van der Waals surface area contributed by atoms with Gasteiger partial charge in [0.05, 0.1) is 0 Å². The van der Waals surface area contributed by atoms with E-state index in [1.165, 1.54) is 13.8 Å². The van der Waals surface area contributed by atoms with Gasteiger partial charge in [-0.25, -0.2) is 8.42 Å². The SMILES string of the molecule is CC(C)(C(=O)NCCCCC(N)=NO)S(C)(=O)=O. The summed E-state index contributed by atoms with van der Waals surface area (Å²) in [5.74, 6) is -0.383. The minimum absolute atomic E-state index is 0.137. The summed E-state index contributed by atoms with van der Waals surface area (Å²) in [5, 5.41) is 13.7. The summed E-state index contributed by atoms with van der Waals surface area (Å²) >= 11 is 0. The maximum absolute atomic E-state index is 11.7. The van der Waals surface area contributed by atoms with Gasteiger partial charge in [-0.2, -0.15) is 0 Å². The number of amidine groups is 1. The van der Waals surface area contributed by atoms with Crippen LogP contribution in [0.4, 0.5) is 0 Å². The van der Waals surface area contributed by atoms with Crippen LogP contribution in [-0.4, -0.2) is 42.9 Å². The van der Waals surface area contributed by atoms with Gasteiger partial charge in [0, 0.05) is 19.2 Å². The minimum Gasteiger partial charge on any atom is -0.409 e. The Morgan fingerprint density at radius 3 is 2.39 bits per heavy atom. The van der Waals surface area contributed by atoms with Crippen molar-refractivity contribution in [2.24, 2.45) is 10.9 Å². The van der Waals surface area contributed by atoms with Gasteiger partial charge in [0.15, 0.2) is 9.84 Å². The molecule has 0 spiro atoms. The molecule has 0 aliphatic heterocycles. The second kappa shape index (κ2) is 6.58. The summed E-state index contributed by atoms with van der Waals surface area (Å²) < 4.78 is 21.3. The van der Waals surface area contributed by atoms with Crippen molar-refractivity contribution in [2.75, 3.05) is 12.8 Å². The normalized spacial score (nSPS) is 13.4. The zero-order valence-corrected chi connectivity index (χ0v) is 11.7.